The molecule has 1 aromatic rings. The van der Waals surface area contributed by atoms with Gasteiger partial charge in [0, 0.05) is 9.93 Å². The Balaban J connectivity index is 2.46. The summed E-state index contributed by atoms with van der Waals surface area (Å²) in [6, 6.07) is 5.80. The summed E-state index contributed by atoms with van der Waals surface area (Å²) in [7, 11) is 0. The number of nitrogens with zero attached hydrogens (tertiary/aromatic N) is 3. The summed E-state index contributed by atoms with van der Waals surface area (Å²) in [4.78, 5) is 2.87. The average Bonchev–Trinajstić information content (AvgIpc) is 2.19. The van der Waals surface area contributed by atoms with Crippen LogP contribution in [0, 0.1) is 0 Å². The molecule has 4 heteroatoms. The third-order valence-electron chi connectivity index (χ3n) is 2.58. The van der Waals surface area contributed by atoms with Gasteiger partial charge in [-0.25, -0.2) is 0 Å². The van der Waals surface area contributed by atoms with Crippen LogP contribution in [0.15, 0.2) is 23.3 Å². The summed E-state index contributed by atoms with van der Waals surface area (Å²) >= 11 is 5.91. The second-order valence-electron chi connectivity index (χ2n) is 3.46. The maximum absolute atomic E-state index is 8.44. The lowest BCUT2D eigenvalue weighted by Gasteiger charge is -2.21. The van der Waals surface area contributed by atoms with Crippen LogP contribution in [0.3, 0.4) is 0 Å². The molecular weight excluding hydrogens is 198 g/mol. The second kappa shape index (κ2) is 3.91. The molecule has 1 aromatic carbocycles. The molecule has 0 unspecified atom stereocenters. The van der Waals surface area contributed by atoms with Gasteiger partial charge in [-0.05, 0) is 48.1 Å². The van der Waals surface area contributed by atoms with Crippen LogP contribution in [-0.4, -0.2) is 0 Å². The molecule has 0 spiro atoms. The lowest BCUT2D eigenvalue weighted by molar-refractivity contribution is 0.568. The Kier molecular flexibility index (Phi) is 2.62. The molecule has 0 aliphatic heterocycles. The molecule has 0 amide bonds. The number of benzene rings is 1. The first-order valence-corrected chi connectivity index (χ1v) is 5.01. The highest BCUT2D eigenvalue weighted by Crippen LogP contribution is 2.34. The molecule has 72 valence electrons. The van der Waals surface area contributed by atoms with Gasteiger partial charge in [0.2, 0.25) is 0 Å². The van der Waals surface area contributed by atoms with Gasteiger partial charge in [0.25, 0.3) is 0 Å². The summed E-state index contributed by atoms with van der Waals surface area (Å²) < 4.78 is 0. The lowest BCUT2D eigenvalue weighted by atomic mass is 9.88. The number of azide groups is 1. The molecule has 14 heavy (non-hydrogen) atoms. The van der Waals surface area contributed by atoms with Crippen LogP contribution >= 0.6 is 11.6 Å². The van der Waals surface area contributed by atoms with Crippen molar-refractivity contribution < 1.29 is 0 Å². The SMILES string of the molecule is [N-]=[N+]=N[C@@H]1CCCc2ccc(Cl)cc21. The molecule has 1 aliphatic rings. The Morgan fingerprint density at radius 2 is 2.36 bits per heavy atom. The molecule has 0 saturated carbocycles. The van der Waals surface area contributed by atoms with Crippen molar-refractivity contribution in [3.63, 3.8) is 0 Å². The second-order valence-corrected chi connectivity index (χ2v) is 3.89. The van der Waals surface area contributed by atoms with E-state index in [9.17, 15) is 0 Å². The summed E-state index contributed by atoms with van der Waals surface area (Å²) in [5, 5.41) is 4.50. The molecule has 2 rings (SSSR count). The van der Waals surface area contributed by atoms with Crippen LogP contribution in [0.5, 0.6) is 0 Å². The van der Waals surface area contributed by atoms with Gasteiger partial charge < -0.3 is 0 Å². The Morgan fingerprint density at radius 1 is 1.50 bits per heavy atom. The van der Waals surface area contributed by atoms with Gasteiger partial charge in [0.1, 0.15) is 0 Å². The monoisotopic (exact) mass is 207 g/mol. The van der Waals surface area contributed by atoms with E-state index in [4.69, 9.17) is 17.1 Å². The highest BCUT2D eigenvalue weighted by atomic mass is 35.5. The summed E-state index contributed by atoms with van der Waals surface area (Å²) in [6.45, 7) is 0. The van der Waals surface area contributed by atoms with E-state index >= 15 is 0 Å². The third kappa shape index (κ3) is 1.69. The van der Waals surface area contributed by atoms with Crippen LogP contribution in [0.25, 0.3) is 10.4 Å². The summed E-state index contributed by atoms with van der Waals surface area (Å²) in [5.41, 5.74) is 10.8. The molecule has 0 N–H and O–H groups in total. The first kappa shape index (κ1) is 9.38. The summed E-state index contributed by atoms with van der Waals surface area (Å²) in [6.07, 6.45) is 3.07. The fourth-order valence-corrected chi connectivity index (χ4v) is 2.11. The number of hydrogen-bond acceptors (Lipinski definition) is 1. The zero-order valence-corrected chi connectivity index (χ0v) is 8.41. The average molecular weight is 208 g/mol. The normalized spacial score (nSPS) is 19.6. The molecule has 0 heterocycles. The standard InChI is InChI=1S/C10H10ClN3/c11-8-5-4-7-2-1-3-10(13-14-12)9(7)6-8/h4-6,10H,1-3H2/t10-/m1/s1. The first-order chi connectivity index (χ1) is 6.81. The molecular formula is C10H10ClN3. The van der Waals surface area contributed by atoms with Gasteiger partial charge in [0.05, 0.1) is 6.04 Å². The fourth-order valence-electron chi connectivity index (χ4n) is 1.93. The zero-order chi connectivity index (χ0) is 9.97. The molecule has 1 atom stereocenters. The molecule has 0 saturated heterocycles. The van der Waals surface area contributed by atoms with Crippen molar-refractivity contribution in [2.45, 2.75) is 25.3 Å². The predicted molar refractivity (Wildman–Crippen MR) is 56.3 cm³/mol. The van der Waals surface area contributed by atoms with Crippen molar-refractivity contribution in [2.24, 2.45) is 5.11 Å². The van der Waals surface area contributed by atoms with Gasteiger partial charge >= 0.3 is 0 Å². The zero-order valence-electron chi connectivity index (χ0n) is 7.65. The topological polar surface area (TPSA) is 48.8 Å². The van der Waals surface area contributed by atoms with E-state index in [1.807, 2.05) is 18.2 Å². The van der Waals surface area contributed by atoms with E-state index in [0.29, 0.717) is 5.02 Å². The van der Waals surface area contributed by atoms with Crippen molar-refractivity contribution in [3.8, 4) is 0 Å². The van der Waals surface area contributed by atoms with E-state index in [-0.39, 0.29) is 6.04 Å². The molecule has 0 fully saturated rings. The summed E-state index contributed by atoms with van der Waals surface area (Å²) in [5.74, 6) is 0. The molecule has 0 radical (unpaired) electrons. The number of aryl methyl sites for hydroxylation is 1. The fraction of sp³-hybridized carbons (Fsp3) is 0.400. The number of fused-ring (bicyclic) bond motifs is 1. The highest BCUT2D eigenvalue weighted by molar-refractivity contribution is 6.30. The molecule has 1 aliphatic carbocycles. The van der Waals surface area contributed by atoms with Crippen molar-refractivity contribution in [1.29, 1.82) is 0 Å². The van der Waals surface area contributed by atoms with Gasteiger partial charge in [-0.3, -0.25) is 0 Å². The van der Waals surface area contributed by atoms with Gasteiger partial charge in [-0.1, -0.05) is 22.8 Å². The molecule has 0 aromatic heterocycles. The molecule has 0 bridgehead atoms. The third-order valence-corrected chi connectivity index (χ3v) is 2.82. The van der Waals surface area contributed by atoms with Crippen LogP contribution < -0.4 is 0 Å². The number of hydrogen-bond donors (Lipinski definition) is 0. The van der Waals surface area contributed by atoms with E-state index in [0.717, 1.165) is 24.8 Å². The minimum atomic E-state index is -0.0255. The van der Waals surface area contributed by atoms with Crippen molar-refractivity contribution in [3.05, 3.63) is 44.8 Å². The van der Waals surface area contributed by atoms with Crippen LogP contribution in [0.2, 0.25) is 5.02 Å². The van der Waals surface area contributed by atoms with E-state index in [1.54, 1.807) is 0 Å². The largest absolute Gasteiger partial charge is 0.0859 e. The Hall–Kier alpha value is -1.18. The Bertz CT molecular complexity index is 396. The Morgan fingerprint density at radius 3 is 3.14 bits per heavy atom. The van der Waals surface area contributed by atoms with E-state index in [2.05, 4.69) is 10.0 Å². The van der Waals surface area contributed by atoms with Crippen molar-refractivity contribution in [1.82, 2.24) is 0 Å². The highest BCUT2D eigenvalue weighted by Gasteiger charge is 2.18. The smallest absolute Gasteiger partial charge is 0.0628 e. The first-order valence-electron chi connectivity index (χ1n) is 4.64. The van der Waals surface area contributed by atoms with E-state index < -0.39 is 0 Å². The predicted octanol–water partition coefficient (Wildman–Crippen LogP) is 4.03. The van der Waals surface area contributed by atoms with Crippen LogP contribution in [0.4, 0.5) is 0 Å². The van der Waals surface area contributed by atoms with Crippen LogP contribution in [0.1, 0.15) is 30.0 Å². The van der Waals surface area contributed by atoms with Crippen molar-refractivity contribution in [2.75, 3.05) is 0 Å². The maximum atomic E-state index is 8.44. The number of rotatable bonds is 1. The van der Waals surface area contributed by atoms with Gasteiger partial charge in [-0.2, -0.15) is 0 Å². The maximum Gasteiger partial charge on any atom is 0.0628 e. The van der Waals surface area contributed by atoms with E-state index in [1.165, 1.54) is 5.56 Å². The van der Waals surface area contributed by atoms with Crippen LogP contribution in [-0.2, 0) is 6.42 Å². The minimum Gasteiger partial charge on any atom is -0.0859 e. The van der Waals surface area contributed by atoms with Crippen molar-refractivity contribution >= 4 is 11.6 Å². The Labute approximate surface area is 87.3 Å². The quantitative estimate of drug-likeness (QED) is 0.379. The van der Waals surface area contributed by atoms with Gasteiger partial charge in [0.15, 0.2) is 0 Å². The van der Waals surface area contributed by atoms with Gasteiger partial charge in [-0.15, -0.1) is 0 Å². The minimum absolute atomic E-state index is 0.0255. The lowest BCUT2D eigenvalue weighted by Crippen LogP contribution is -2.07. The number of halogens is 1. The molecule has 3 nitrogen and oxygen atoms in total.